The average molecular weight is 299 g/mol. The van der Waals surface area contributed by atoms with E-state index in [-0.39, 0.29) is 24.1 Å². The van der Waals surface area contributed by atoms with Gasteiger partial charge in [0.15, 0.2) is 17.4 Å². The Bertz CT molecular complexity index is 487. The topological polar surface area (TPSA) is 97.4 Å². The highest BCUT2D eigenvalue weighted by Gasteiger charge is 2.14. The molecule has 0 aliphatic rings. The fraction of sp³-hybridized carbons (Fsp3) is 0.500. The van der Waals surface area contributed by atoms with Gasteiger partial charge in [0.2, 0.25) is 5.91 Å². The Morgan fingerprint density at radius 2 is 2.15 bits per heavy atom. The molecule has 2 N–H and O–H groups in total. The van der Waals surface area contributed by atoms with E-state index in [9.17, 15) is 14.4 Å². The van der Waals surface area contributed by atoms with E-state index in [0.29, 0.717) is 11.7 Å². The van der Waals surface area contributed by atoms with Crippen molar-refractivity contribution in [1.29, 1.82) is 0 Å². The first-order chi connectivity index (χ1) is 9.52. The van der Waals surface area contributed by atoms with Gasteiger partial charge in [-0.2, -0.15) is 0 Å². The van der Waals surface area contributed by atoms with Crippen LogP contribution in [0, 0.1) is 0 Å². The molecule has 1 heterocycles. The first-order valence-corrected chi connectivity index (χ1v) is 7.07. The molecule has 1 aromatic heterocycles. The summed E-state index contributed by atoms with van der Waals surface area (Å²) in [5.41, 5.74) is 0.0695. The van der Waals surface area contributed by atoms with Crippen LogP contribution in [0.3, 0.4) is 0 Å². The maximum atomic E-state index is 11.6. The van der Waals surface area contributed by atoms with Gasteiger partial charge in [-0.1, -0.05) is 13.3 Å². The van der Waals surface area contributed by atoms with E-state index in [4.69, 9.17) is 4.74 Å². The molecule has 0 aliphatic carbocycles. The maximum Gasteiger partial charge on any atom is 0.358 e. The lowest BCUT2D eigenvalue weighted by molar-refractivity contribution is -0.124. The largest absolute Gasteiger partial charge is 0.451 e. The van der Waals surface area contributed by atoms with Gasteiger partial charge in [-0.3, -0.25) is 9.59 Å². The number of aromatic nitrogens is 1. The van der Waals surface area contributed by atoms with Crippen LogP contribution in [0.1, 0.15) is 37.2 Å². The third-order valence-electron chi connectivity index (χ3n) is 2.18. The normalized spacial score (nSPS) is 9.90. The lowest BCUT2D eigenvalue weighted by atomic mass is 10.3. The van der Waals surface area contributed by atoms with Crippen molar-refractivity contribution in [2.45, 2.75) is 26.7 Å². The zero-order valence-electron chi connectivity index (χ0n) is 11.4. The molecule has 0 radical (unpaired) electrons. The molecule has 0 bridgehead atoms. The lowest BCUT2D eigenvalue weighted by Gasteiger charge is -2.04. The molecule has 0 aromatic carbocycles. The van der Waals surface area contributed by atoms with Gasteiger partial charge in [-0.25, -0.2) is 9.78 Å². The van der Waals surface area contributed by atoms with E-state index in [1.54, 1.807) is 0 Å². The molecule has 0 fully saturated rings. The van der Waals surface area contributed by atoms with E-state index >= 15 is 0 Å². The number of rotatable bonds is 7. The van der Waals surface area contributed by atoms with Crippen LogP contribution >= 0.6 is 11.3 Å². The smallest absolute Gasteiger partial charge is 0.358 e. The minimum Gasteiger partial charge on any atom is -0.451 e. The summed E-state index contributed by atoms with van der Waals surface area (Å²) in [6.45, 7) is 3.59. The van der Waals surface area contributed by atoms with Crippen molar-refractivity contribution in [2.24, 2.45) is 0 Å². The summed E-state index contributed by atoms with van der Waals surface area (Å²) in [4.78, 5) is 37.7. The molecule has 20 heavy (non-hydrogen) atoms. The van der Waals surface area contributed by atoms with Crippen molar-refractivity contribution < 1.29 is 19.1 Å². The van der Waals surface area contributed by atoms with Crippen LogP contribution in [0.2, 0.25) is 0 Å². The van der Waals surface area contributed by atoms with E-state index in [1.807, 2.05) is 6.92 Å². The fourth-order valence-electron chi connectivity index (χ4n) is 1.24. The van der Waals surface area contributed by atoms with Gasteiger partial charge in [-0.05, 0) is 6.42 Å². The average Bonchev–Trinajstić information content (AvgIpc) is 2.84. The highest BCUT2D eigenvalue weighted by atomic mass is 32.1. The monoisotopic (exact) mass is 299 g/mol. The summed E-state index contributed by atoms with van der Waals surface area (Å²) >= 11 is 1.11. The van der Waals surface area contributed by atoms with Crippen molar-refractivity contribution in [1.82, 2.24) is 10.3 Å². The SMILES string of the molecule is CCCCNC(=O)COC(=O)c1csc(NC(C)=O)n1. The standard InChI is InChI=1S/C12H17N3O4S/c1-3-4-5-13-10(17)6-19-11(18)9-7-20-12(15-9)14-8(2)16/h7H,3-6H2,1-2H3,(H,13,17)(H,14,15,16). The molecule has 0 saturated heterocycles. The van der Waals surface area contributed by atoms with Gasteiger partial charge in [0.1, 0.15) is 0 Å². The van der Waals surface area contributed by atoms with Crippen molar-refractivity contribution in [3.05, 3.63) is 11.1 Å². The minimum atomic E-state index is -0.691. The third kappa shape index (κ3) is 5.79. The molecular weight excluding hydrogens is 282 g/mol. The van der Waals surface area contributed by atoms with Crippen LogP contribution in [0.25, 0.3) is 0 Å². The zero-order valence-corrected chi connectivity index (χ0v) is 12.2. The van der Waals surface area contributed by atoms with E-state index in [0.717, 1.165) is 24.2 Å². The van der Waals surface area contributed by atoms with Gasteiger partial charge >= 0.3 is 5.97 Å². The van der Waals surface area contributed by atoms with Gasteiger partial charge in [0.05, 0.1) is 0 Å². The predicted octanol–water partition coefficient (Wildman–Crippen LogP) is 1.17. The number of nitrogens with one attached hydrogen (secondary N) is 2. The van der Waals surface area contributed by atoms with Crippen LogP contribution in [-0.4, -0.2) is 35.9 Å². The molecule has 0 unspecified atom stereocenters. The van der Waals surface area contributed by atoms with E-state index < -0.39 is 5.97 Å². The Balaban J connectivity index is 2.37. The van der Waals surface area contributed by atoms with Crippen molar-refractivity contribution in [2.75, 3.05) is 18.5 Å². The Morgan fingerprint density at radius 3 is 2.80 bits per heavy atom. The first-order valence-electron chi connectivity index (χ1n) is 6.20. The van der Waals surface area contributed by atoms with Gasteiger partial charge < -0.3 is 15.4 Å². The third-order valence-corrected chi connectivity index (χ3v) is 2.94. The molecule has 0 aliphatic heterocycles. The lowest BCUT2D eigenvalue weighted by Crippen LogP contribution is -2.29. The Labute approximate surface area is 120 Å². The first kappa shape index (κ1) is 16.1. The number of carbonyl (C=O) groups is 3. The number of nitrogens with zero attached hydrogens (tertiary/aromatic N) is 1. The number of thiazole rings is 1. The highest BCUT2D eigenvalue weighted by Crippen LogP contribution is 2.15. The van der Waals surface area contributed by atoms with Crippen molar-refractivity contribution >= 4 is 34.3 Å². The Hall–Kier alpha value is -1.96. The summed E-state index contributed by atoms with van der Waals surface area (Å²) in [6.07, 6.45) is 1.86. The molecule has 0 saturated carbocycles. The second-order valence-corrected chi connectivity index (χ2v) is 4.86. The molecule has 1 aromatic rings. The molecule has 110 valence electrons. The maximum absolute atomic E-state index is 11.6. The molecule has 0 atom stereocenters. The van der Waals surface area contributed by atoms with Gasteiger partial charge in [-0.15, -0.1) is 11.3 Å². The second kappa shape index (κ2) is 8.26. The summed E-state index contributed by atoms with van der Waals surface area (Å²) in [7, 11) is 0. The van der Waals surface area contributed by atoms with Crippen LogP contribution in [0.15, 0.2) is 5.38 Å². The Morgan fingerprint density at radius 1 is 1.40 bits per heavy atom. The molecule has 0 spiro atoms. The predicted molar refractivity (Wildman–Crippen MR) is 74.6 cm³/mol. The molecule has 7 nitrogen and oxygen atoms in total. The quantitative estimate of drug-likeness (QED) is 0.582. The molecule has 8 heteroatoms. The number of esters is 1. The number of carbonyl (C=O) groups excluding carboxylic acids is 3. The number of amides is 2. The Kier molecular flexibility index (Phi) is 6.65. The van der Waals surface area contributed by atoms with E-state index in [1.165, 1.54) is 12.3 Å². The number of hydrogen-bond acceptors (Lipinski definition) is 6. The summed E-state index contributed by atoms with van der Waals surface area (Å²) in [5, 5.41) is 6.87. The highest BCUT2D eigenvalue weighted by molar-refractivity contribution is 7.14. The molecular formula is C12H17N3O4S. The summed E-state index contributed by atoms with van der Waals surface area (Å²) in [6, 6.07) is 0. The van der Waals surface area contributed by atoms with Gasteiger partial charge in [0, 0.05) is 18.8 Å². The second-order valence-electron chi connectivity index (χ2n) is 4.00. The fourth-order valence-corrected chi connectivity index (χ4v) is 1.96. The molecule has 1 rings (SSSR count). The number of unbranched alkanes of at least 4 members (excludes halogenated alkanes) is 1. The minimum absolute atomic E-state index is 0.0695. The number of ether oxygens (including phenoxy) is 1. The van der Waals surface area contributed by atoms with Crippen LogP contribution < -0.4 is 10.6 Å². The summed E-state index contributed by atoms with van der Waals surface area (Å²) in [5.74, 6) is -1.30. The number of hydrogen-bond donors (Lipinski definition) is 2. The molecule has 2 amide bonds. The van der Waals surface area contributed by atoms with Crippen molar-refractivity contribution in [3.63, 3.8) is 0 Å². The van der Waals surface area contributed by atoms with E-state index in [2.05, 4.69) is 15.6 Å². The van der Waals surface area contributed by atoms with Gasteiger partial charge in [0.25, 0.3) is 5.91 Å². The van der Waals surface area contributed by atoms with Crippen LogP contribution in [-0.2, 0) is 14.3 Å². The van der Waals surface area contributed by atoms with Crippen LogP contribution in [0.5, 0.6) is 0 Å². The van der Waals surface area contributed by atoms with Crippen LogP contribution in [0.4, 0.5) is 5.13 Å². The summed E-state index contributed by atoms with van der Waals surface area (Å²) < 4.78 is 4.82. The zero-order chi connectivity index (χ0) is 15.0. The van der Waals surface area contributed by atoms with Crippen molar-refractivity contribution in [3.8, 4) is 0 Å². The number of anilines is 1.